The van der Waals surface area contributed by atoms with Gasteiger partial charge in [-0.3, -0.25) is 14.6 Å². The maximum Gasteiger partial charge on any atom is 0.295 e. The number of nitrogens with zero attached hydrogens (tertiary/aromatic N) is 2. The molecular formula is C22H24N2O5. The van der Waals surface area contributed by atoms with Gasteiger partial charge in [-0.2, -0.15) is 0 Å². The van der Waals surface area contributed by atoms with Crippen molar-refractivity contribution in [1.82, 2.24) is 9.88 Å². The van der Waals surface area contributed by atoms with Crippen molar-refractivity contribution in [3.8, 4) is 5.75 Å². The van der Waals surface area contributed by atoms with Crippen LogP contribution >= 0.6 is 0 Å². The Morgan fingerprint density at radius 2 is 1.90 bits per heavy atom. The predicted octanol–water partition coefficient (Wildman–Crippen LogP) is 2.86. The minimum atomic E-state index is -0.699. The number of Topliss-reactive ketones (excluding diaryl/α,β-unsaturated/α-hetero) is 1. The highest BCUT2D eigenvalue weighted by Crippen LogP contribution is 2.39. The molecule has 3 rings (SSSR count). The zero-order chi connectivity index (χ0) is 21.0. The largest absolute Gasteiger partial charge is 0.507 e. The van der Waals surface area contributed by atoms with E-state index in [1.165, 1.54) is 4.90 Å². The number of rotatable bonds is 7. The summed E-state index contributed by atoms with van der Waals surface area (Å²) in [6, 6.07) is 7.93. The van der Waals surface area contributed by atoms with Crippen molar-refractivity contribution in [3.63, 3.8) is 0 Å². The van der Waals surface area contributed by atoms with Crippen LogP contribution in [0, 0.1) is 6.92 Å². The first-order chi connectivity index (χ1) is 14.0. The van der Waals surface area contributed by atoms with Gasteiger partial charge >= 0.3 is 0 Å². The molecule has 0 spiro atoms. The second kappa shape index (κ2) is 8.87. The highest BCUT2D eigenvalue weighted by molar-refractivity contribution is 6.46. The molecule has 1 fully saturated rings. The number of methoxy groups -OCH3 is 2. The number of aliphatic hydroxyl groups excluding tert-OH is 1. The van der Waals surface area contributed by atoms with Gasteiger partial charge in [-0.1, -0.05) is 0 Å². The molecule has 152 valence electrons. The van der Waals surface area contributed by atoms with E-state index in [9.17, 15) is 14.7 Å². The predicted molar refractivity (Wildman–Crippen MR) is 107 cm³/mol. The number of aliphatic hydroxyl groups is 1. The molecule has 1 aromatic carbocycles. The van der Waals surface area contributed by atoms with Crippen LogP contribution in [0.25, 0.3) is 5.76 Å². The Morgan fingerprint density at radius 1 is 1.17 bits per heavy atom. The smallest absolute Gasteiger partial charge is 0.295 e. The second-order valence-corrected chi connectivity index (χ2v) is 6.80. The fourth-order valence-electron chi connectivity index (χ4n) is 3.56. The summed E-state index contributed by atoms with van der Waals surface area (Å²) in [6.07, 6.45) is 3.77. The molecule has 1 aliphatic heterocycles. The second-order valence-electron chi connectivity index (χ2n) is 6.80. The van der Waals surface area contributed by atoms with E-state index in [1.54, 1.807) is 56.9 Å². The van der Waals surface area contributed by atoms with Crippen LogP contribution < -0.4 is 4.74 Å². The van der Waals surface area contributed by atoms with Gasteiger partial charge in [0.15, 0.2) is 0 Å². The molecular weight excluding hydrogens is 372 g/mol. The third kappa shape index (κ3) is 4.00. The standard InChI is InChI=1S/C22H24N2O5/c1-14-13-16(5-6-17(14)29-3)20(25)18-19(15-7-9-23-10-8-15)24(11-4-12-28-2)22(27)21(18)26/h5-10,13,19,25H,4,11-12H2,1-3H3/b20-18+/t19-/m0/s1. The number of carbonyl (C=O) groups excluding carboxylic acids is 2. The molecule has 1 aromatic heterocycles. The summed E-state index contributed by atoms with van der Waals surface area (Å²) in [6.45, 7) is 2.65. The lowest BCUT2D eigenvalue weighted by atomic mass is 9.95. The number of hydrogen-bond acceptors (Lipinski definition) is 6. The van der Waals surface area contributed by atoms with Gasteiger partial charge in [-0.25, -0.2) is 0 Å². The number of aromatic nitrogens is 1. The number of ketones is 1. The Balaban J connectivity index is 2.11. The summed E-state index contributed by atoms with van der Waals surface area (Å²) < 4.78 is 10.3. The Hall–Kier alpha value is -3.19. The molecule has 7 heteroatoms. The number of hydrogen-bond donors (Lipinski definition) is 1. The van der Waals surface area contributed by atoms with Crippen LogP contribution in [0.2, 0.25) is 0 Å². The highest BCUT2D eigenvalue weighted by atomic mass is 16.5. The summed E-state index contributed by atoms with van der Waals surface area (Å²) in [5.41, 5.74) is 2.05. The van der Waals surface area contributed by atoms with E-state index in [0.29, 0.717) is 36.4 Å². The number of pyridine rings is 1. The molecule has 2 heterocycles. The molecule has 7 nitrogen and oxygen atoms in total. The molecule has 1 amide bonds. The molecule has 2 aromatic rings. The maximum absolute atomic E-state index is 12.9. The van der Waals surface area contributed by atoms with Crippen molar-refractivity contribution in [3.05, 3.63) is 65.0 Å². The Bertz CT molecular complexity index is 939. The first-order valence-electron chi connectivity index (χ1n) is 9.31. The van der Waals surface area contributed by atoms with Gasteiger partial charge in [0.2, 0.25) is 0 Å². The molecule has 0 bridgehead atoms. The highest BCUT2D eigenvalue weighted by Gasteiger charge is 2.45. The fourth-order valence-corrected chi connectivity index (χ4v) is 3.56. The number of aryl methyl sites for hydroxylation is 1. The lowest BCUT2D eigenvalue weighted by molar-refractivity contribution is -0.140. The van der Waals surface area contributed by atoms with E-state index in [2.05, 4.69) is 4.98 Å². The molecule has 0 radical (unpaired) electrons. The lowest BCUT2D eigenvalue weighted by Gasteiger charge is -2.25. The topological polar surface area (TPSA) is 89.0 Å². The van der Waals surface area contributed by atoms with Gasteiger partial charge in [0, 0.05) is 38.2 Å². The average molecular weight is 396 g/mol. The number of benzene rings is 1. The zero-order valence-corrected chi connectivity index (χ0v) is 16.7. The minimum absolute atomic E-state index is 0.0724. The first-order valence-corrected chi connectivity index (χ1v) is 9.31. The normalized spacial score (nSPS) is 18.3. The van der Waals surface area contributed by atoms with Crippen molar-refractivity contribution >= 4 is 17.4 Å². The fraction of sp³-hybridized carbons (Fsp3) is 0.318. The van der Waals surface area contributed by atoms with Crippen LogP contribution in [0.15, 0.2) is 48.3 Å². The van der Waals surface area contributed by atoms with E-state index in [1.807, 2.05) is 6.92 Å². The van der Waals surface area contributed by atoms with Gasteiger partial charge < -0.3 is 19.5 Å². The molecule has 29 heavy (non-hydrogen) atoms. The summed E-state index contributed by atoms with van der Waals surface area (Å²) >= 11 is 0. The SMILES string of the molecule is COCCCN1C(=O)C(=O)/C(=C(/O)c2ccc(OC)c(C)c2)[C@@H]1c1ccncc1. The monoisotopic (exact) mass is 396 g/mol. The molecule has 1 aliphatic rings. The van der Waals surface area contributed by atoms with Gasteiger partial charge in [-0.05, 0) is 54.8 Å². The van der Waals surface area contributed by atoms with Crippen molar-refractivity contribution in [2.75, 3.05) is 27.4 Å². The first kappa shape index (κ1) is 20.5. The van der Waals surface area contributed by atoms with Gasteiger partial charge in [0.25, 0.3) is 11.7 Å². The molecule has 0 saturated carbocycles. The average Bonchev–Trinajstić information content (AvgIpc) is 2.99. The van der Waals surface area contributed by atoms with E-state index in [0.717, 1.165) is 5.56 Å². The van der Waals surface area contributed by atoms with Crippen LogP contribution in [-0.4, -0.2) is 54.1 Å². The van der Waals surface area contributed by atoms with Crippen molar-refractivity contribution in [1.29, 1.82) is 0 Å². The number of likely N-dealkylation sites (tertiary alicyclic amines) is 1. The van der Waals surface area contributed by atoms with E-state index < -0.39 is 17.7 Å². The van der Waals surface area contributed by atoms with Gasteiger partial charge in [0.1, 0.15) is 11.5 Å². The molecule has 1 saturated heterocycles. The van der Waals surface area contributed by atoms with E-state index >= 15 is 0 Å². The Morgan fingerprint density at radius 3 is 2.52 bits per heavy atom. The van der Waals surface area contributed by atoms with Crippen LogP contribution in [0.1, 0.15) is 29.2 Å². The molecule has 0 aliphatic carbocycles. The van der Waals surface area contributed by atoms with Crippen LogP contribution in [0.5, 0.6) is 5.75 Å². The van der Waals surface area contributed by atoms with Crippen LogP contribution in [0.3, 0.4) is 0 Å². The maximum atomic E-state index is 12.9. The number of amides is 1. The Kier molecular flexibility index (Phi) is 6.29. The zero-order valence-electron chi connectivity index (χ0n) is 16.7. The van der Waals surface area contributed by atoms with Gasteiger partial charge in [-0.15, -0.1) is 0 Å². The van der Waals surface area contributed by atoms with Crippen molar-refractivity contribution < 1.29 is 24.2 Å². The third-order valence-corrected chi connectivity index (χ3v) is 4.98. The van der Waals surface area contributed by atoms with Crippen LogP contribution in [0.4, 0.5) is 0 Å². The van der Waals surface area contributed by atoms with Crippen LogP contribution in [-0.2, 0) is 14.3 Å². The summed E-state index contributed by atoms with van der Waals surface area (Å²) in [5.74, 6) is -0.859. The molecule has 1 atom stereocenters. The summed E-state index contributed by atoms with van der Waals surface area (Å²) in [5, 5.41) is 11.0. The van der Waals surface area contributed by atoms with E-state index in [-0.39, 0.29) is 11.3 Å². The van der Waals surface area contributed by atoms with E-state index in [4.69, 9.17) is 9.47 Å². The molecule has 0 unspecified atom stereocenters. The quantitative estimate of drug-likeness (QED) is 0.335. The molecule has 1 N–H and O–H groups in total. The Labute approximate surface area is 169 Å². The van der Waals surface area contributed by atoms with Crippen molar-refractivity contribution in [2.24, 2.45) is 0 Å². The van der Waals surface area contributed by atoms with Gasteiger partial charge in [0.05, 0.1) is 18.7 Å². The minimum Gasteiger partial charge on any atom is -0.507 e. The summed E-state index contributed by atoms with van der Waals surface area (Å²) in [4.78, 5) is 31.1. The van der Waals surface area contributed by atoms with Crippen molar-refractivity contribution in [2.45, 2.75) is 19.4 Å². The third-order valence-electron chi connectivity index (χ3n) is 4.98. The number of ether oxygens (including phenoxy) is 2. The number of carbonyl (C=O) groups is 2. The lowest BCUT2D eigenvalue weighted by Crippen LogP contribution is -2.31. The summed E-state index contributed by atoms with van der Waals surface area (Å²) in [7, 11) is 3.15.